The molecule has 0 unspecified atom stereocenters. The van der Waals surface area contributed by atoms with Crippen molar-refractivity contribution in [2.24, 2.45) is 5.92 Å². The highest BCUT2D eigenvalue weighted by Gasteiger charge is 2.28. The summed E-state index contributed by atoms with van der Waals surface area (Å²) in [7, 11) is 0. The van der Waals surface area contributed by atoms with Gasteiger partial charge in [-0.3, -0.25) is 0 Å². The molecular weight excluding hydrogens is 237 g/mol. The van der Waals surface area contributed by atoms with Gasteiger partial charge < -0.3 is 15.2 Å². The van der Waals surface area contributed by atoms with E-state index in [2.05, 4.69) is 5.32 Å². The minimum absolute atomic E-state index is 0.0389. The average molecular weight is 253 g/mol. The third-order valence-electron chi connectivity index (χ3n) is 3.25. The van der Waals surface area contributed by atoms with Gasteiger partial charge in [0.2, 0.25) is 0 Å². The predicted octanol–water partition coefficient (Wildman–Crippen LogP) is 2.64. The fraction of sp³-hybridized carbons (Fsp3) is 0.462. The number of halogens is 1. The van der Waals surface area contributed by atoms with Gasteiger partial charge in [-0.05, 0) is 37.1 Å². The van der Waals surface area contributed by atoms with E-state index in [1.165, 1.54) is 12.1 Å². The van der Waals surface area contributed by atoms with Gasteiger partial charge in [0.15, 0.2) is 0 Å². The van der Waals surface area contributed by atoms with Gasteiger partial charge in [0, 0.05) is 12.0 Å². The van der Waals surface area contributed by atoms with E-state index in [9.17, 15) is 9.18 Å². The number of amides is 1. The zero-order valence-electron chi connectivity index (χ0n) is 9.93. The second-order valence-electron chi connectivity index (χ2n) is 4.51. The number of benzene rings is 1. The van der Waals surface area contributed by atoms with Gasteiger partial charge in [-0.2, -0.15) is 0 Å². The van der Waals surface area contributed by atoms with Crippen LogP contribution in [0.2, 0.25) is 0 Å². The molecule has 2 N–H and O–H groups in total. The number of rotatable bonds is 4. The molecule has 0 bridgehead atoms. The molecule has 0 radical (unpaired) electrons. The first-order chi connectivity index (χ1) is 8.65. The van der Waals surface area contributed by atoms with Crippen LogP contribution in [0.15, 0.2) is 24.3 Å². The zero-order chi connectivity index (χ0) is 13.0. The van der Waals surface area contributed by atoms with E-state index in [0.29, 0.717) is 12.4 Å². The largest absolute Gasteiger partial charge is 0.493 e. The Morgan fingerprint density at radius 1 is 1.39 bits per heavy atom. The summed E-state index contributed by atoms with van der Waals surface area (Å²) in [6, 6.07) is 5.80. The lowest BCUT2D eigenvalue weighted by molar-refractivity contribution is 0.177. The molecule has 5 heteroatoms. The number of hydrogen-bond donors (Lipinski definition) is 2. The Hall–Kier alpha value is -1.78. The van der Waals surface area contributed by atoms with Crippen molar-refractivity contribution in [2.45, 2.75) is 25.3 Å². The lowest BCUT2D eigenvalue weighted by Gasteiger charge is -2.19. The third kappa shape index (κ3) is 3.35. The fourth-order valence-corrected chi connectivity index (χ4v) is 2.32. The Labute approximate surface area is 105 Å². The summed E-state index contributed by atoms with van der Waals surface area (Å²) in [5.41, 5.74) is 0. The summed E-state index contributed by atoms with van der Waals surface area (Å²) < 4.78 is 18.3. The molecule has 0 saturated heterocycles. The van der Waals surface area contributed by atoms with Gasteiger partial charge in [-0.15, -0.1) is 0 Å². The lowest BCUT2D eigenvalue weighted by atomic mass is 10.1. The minimum Gasteiger partial charge on any atom is -0.493 e. The van der Waals surface area contributed by atoms with Crippen LogP contribution in [-0.2, 0) is 0 Å². The molecule has 1 aromatic rings. The SMILES string of the molecule is O=C(O)N[C@H]1CCC[C@@H]1COc1ccc(F)cc1. The van der Waals surface area contributed by atoms with Gasteiger partial charge in [0.1, 0.15) is 11.6 Å². The number of carbonyl (C=O) groups is 1. The van der Waals surface area contributed by atoms with Crippen molar-refractivity contribution in [3.63, 3.8) is 0 Å². The fourth-order valence-electron chi connectivity index (χ4n) is 2.32. The van der Waals surface area contributed by atoms with Crippen LogP contribution in [-0.4, -0.2) is 23.8 Å². The van der Waals surface area contributed by atoms with Crippen molar-refractivity contribution in [2.75, 3.05) is 6.61 Å². The first kappa shape index (κ1) is 12.7. The van der Waals surface area contributed by atoms with Crippen LogP contribution in [0.1, 0.15) is 19.3 Å². The molecule has 0 aliphatic heterocycles. The van der Waals surface area contributed by atoms with E-state index in [-0.39, 0.29) is 17.8 Å². The first-order valence-corrected chi connectivity index (χ1v) is 6.03. The molecule has 98 valence electrons. The summed E-state index contributed by atoms with van der Waals surface area (Å²) in [5, 5.41) is 11.2. The van der Waals surface area contributed by atoms with E-state index < -0.39 is 6.09 Å². The van der Waals surface area contributed by atoms with E-state index in [1.54, 1.807) is 12.1 Å². The molecule has 1 aromatic carbocycles. The monoisotopic (exact) mass is 253 g/mol. The molecule has 1 amide bonds. The Bertz CT molecular complexity index is 407. The Balaban J connectivity index is 1.85. The van der Waals surface area contributed by atoms with E-state index in [0.717, 1.165) is 19.3 Å². The second kappa shape index (κ2) is 5.71. The van der Waals surface area contributed by atoms with Crippen LogP contribution in [0.25, 0.3) is 0 Å². The third-order valence-corrected chi connectivity index (χ3v) is 3.25. The highest BCUT2D eigenvalue weighted by atomic mass is 19.1. The summed E-state index contributed by atoms with van der Waals surface area (Å²) in [5.74, 6) is 0.497. The normalized spacial score (nSPS) is 22.7. The van der Waals surface area contributed by atoms with Gasteiger partial charge >= 0.3 is 6.09 Å². The number of carboxylic acid groups (broad SMARTS) is 1. The average Bonchev–Trinajstić information content (AvgIpc) is 2.75. The molecule has 4 nitrogen and oxygen atoms in total. The zero-order valence-corrected chi connectivity index (χ0v) is 9.93. The van der Waals surface area contributed by atoms with Crippen LogP contribution in [0.4, 0.5) is 9.18 Å². The Kier molecular flexibility index (Phi) is 4.02. The van der Waals surface area contributed by atoms with Gasteiger partial charge in [0.25, 0.3) is 0 Å². The van der Waals surface area contributed by atoms with E-state index in [1.807, 2.05) is 0 Å². The van der Waals surface area contributed by atoms with Crippen molar-refractivity contribution < 1.29 is 19.0 Å². The van der Waals surface area contributed by atoms with Crippen molar-refractivity contribution in [3.8, 4) is 5.75 Å². The smallest absolute Gasteiger partial charge is 0.404 e. The second-order valence-corrected chi connectivity index (χ2v) is 4.51. The van der Waals surface area contributed by atoms with Crippen LogP contribution < -0.4 is 10.1 Å². The topological polar surface area (TPSA) is 58.6 Å². The van der Waals surface area contributed by atoms with Crippen LogP contribution in [0, 0.1) is 11.7 Å². The first-order valence-electron chi connectivity index (χ1n) is 6.03. The van der Waals surface area contributed by atoms with Crippen molar-refractivity contribution in [3.05, 3.63) is 30.1 Å². The lowest BCUT2D eigenvalue weighted by Crippen LogP contribution is -2.38. The molecule has 1 fully saturated rings. The predicted molar refractivity (Wildman–Crippen MR) is 64.2 cm³/mol. The standard InChI is InChI=1S/C13H16FNO3/c14-10-4-6-11(7-5-10)18-8-9-2-1-3-12(9)15-13(16)17/h4-7,9,12,15H,1-3,8H2,(H,16,17)/t9-,12+/m1/s1. The molecule has 2 atom stereocenters. The molecule has 0 heterocycles. The highest BCUT2D eigenvalue weighted by molar-refractivity contribution is 5.64. The van der Waals surface area contributed by atoms with Crippen LogP contribution in [0.5, 0.6) is 5.75 Å². The van der Waals surface area contributed by atoms with Gasteiger partial charge in [0.05, 0.1) is 6.61 Å². The molecular formula is C13H16FNO3. The summed E-state index contributed by atoms with van der Waals surface area (Å²) in [6.45, 7) is 0.455. The Morgan fingerprint density at radius 2 is 2.11 bits per heavy atom. The van der Waals surface area contributed by atoms with Crippen LogP contribution >= 0.6 is 0 Å². The molecule has 18 heavy (non-hydrogen) atoms. The maximum Gasteiger partial charge on any atom is 0.404 e. The van der Waals surface area contributed by atoms with E-state index >= 15 is 0 Å². The van der Waals surface area contributed by atoms with Gasteiger partial charge in [-0.25, -0.2) is 9.18 Å². The van der Waals surface area contributed by atoms with Crippen molar-refractivity contribution >= 4 is 6.09 Å². The Morgan fingerprint density at radius 3 is 2.78 bits per heavy atom. The number of nitrogens with one attached hydrogen (secondary N) is 1. The summed E-state index contributed by atoms with van der Waals surface area (Å²) >= 11 is 0. The van der Waals surface area contributed by atoms with Crippen LogP contribution in [0.3, 0.4) is 0 Å². The maximum atomic E-state index is 12.7. The molecule has 1 aliphatic rings. The van der Waals surface area contributed by atoms with E-state index in [4.69, 9.17) is 9.84 Å². The molecule has 1 saturated carbocycles. The number of hydrogen-bond acceptors (Lipinski definition) is 2. The highest BCUT2D eigenvalue weighted by Crippen LogP contribution is 2.26. The maximum absolute atomic E-state index is 12.7. The van der Waals surface area contributed by atoms with Gasteiger partial charge in [-0.1, -0.05) is 6.42 Å². The summed E-state index contributed by atoms with van der Waals surface area (Å²) in [4.78, 5) is 10.6. The van der Waals surface area contributed by atoms with Crippen molar-refractivity contribution in [1.29, 1.82) is 0 Å². The number of ether oxygens (including phenoxy) is 1. The minimum atomic E-state index is -0.992. The summed E-state index contributed by atoms with van der Waals surface area (Å²) in [6.07, 6.45) is 1.81. The quantitative estimate of drug-likeness (QED) is 0.867. The van der Waals surface area contributed by atoms with Crippen molar-refractivity contribution in [1.82, 2.24) is 5.32 Å². The molecule has 2 rings (SSSR count). The molecule has 0 aromatic heterocycles. The molecule has 0 spiro atoms. The molecule has 1 aliphatic carbocycles.